The van der Waals surface area contributed by atoms with Gasteiger partial charge in [-0.1, -0.05) is 11.3 Å². The monoisotopic (exact) mass is 301 g/mol. The van der Waals surface area contributed by atoms with E-state index >= 15 is 0 Å². The summed E-state index contributed by atoms with van der Waals surface area (Å²) in [6.45, 7) is 6.99. The molecule has 1 rings (SSSR count). The van der Waals surface area contributed by atoms with Crippen molar-refractivity contribution in [3.63, 3.8) is 0 Å². The number of nitrogens with zero attached hydrogens (tertiary/aromatic N) is 1. The van der Waals surface area contributed by atoms with E-state index in [0.717, 1.165) is 11.3 Å². The number of aryl methyl sites for hydroxylation is 1. The average molecular weight is 301 g/mol. The second kappa shape index (κ2) is 6.19. The molecule has 0 radical (unpaired) electrons. The number of hydrogen-bond donors (Lipinski definition) is 3. The SMILES string of the molecule is Cc1nc(NC(=O)OC(C)(C)C)sc1C(N)CC(=O)O. The molecule has 0 fully saturated rings. The van der Waals surface area contributed by atoms with Crippen LogP contribution in [-0.4, -0.2) is 27.8 Å². The van der Waals surface area contributed by atoms with E-state index in [1.54, 1.807) is 27.7 Å². The van der Waals surface area contributed by atoms with Crippen molar-refractivity contribution in [1.82, 2.24) is 4.98 Å². The molecule has 0 spiro atoms. The van der Waals surface area contributed by atoms with Gasteiger partial charge in [-0.3, -0.25) is 10.1 Å². The third-order valence-corrected chi connectivity index (χ3v) is 3.38. The second-order valence-electron chi connectivity index (χ2n) is 5.30. The molecule has 1 unspecified atom stereocenters. The zero-order chi connectivity index (χ0) is 15.5. The van der Waals surface area contributed by atoms with Crippen LogP contribution in [0.4, 0.5) is 9.93 Å². The molecule has 0 aromatic carbocycles. The summed E-state index contributed by atoms with van der Waals surface area (Å²) in [5.41, 5.74) is 5.80. The number of nitrogens with two attached hydrogens (primary N) is 1. The van der Waals surface area contributed by atoms with Gasteiger partial charge >= 0.3 is 12.1 Å². The van der Waals surface area contributed by atoms with Crippen molar-refractivity contribution in [2.75, 3.05) is 5.32 Å². The van der Waals surface area contributed by atoms with Crippen LogP contribution < -0.4 is 11.1 Å². The van der Waals surface area contributed by atoms with Gasteiger partial charge in [0.1, 0.15) is 5.60 Å². The molecule has 20 heavy (non-hydrogen) atoms. The van der Waals surface area contributed by atoms with E-state index in [1.165, 1.54) is 0 Å². The lowest BCUT2D eigenvalue weighted by atomic mass is 10.1. The number of carbonyl (C=O) groups is 2. The summed E-state index contributed by atoms with van der Waals surface area (Å²) in [5.74, 6) is -0.980. The summed E-state index contributed by atoms with van der Waals surface area (Å²) in [7, 11) is 0. The van der Waals surface area contributed by atoms with Gasteiger partial charge in [0.15, 0.2) is 5.13 Å². The molecule has 1 aromatic rings. The van der Waals surface area contributed by atoms with Crippen LogP contribution in [0.1, 0.15) is 43.8 Å². The van der Waals surface area contributed by atoms with Crippen molar-refractivity contribution in [3.8, 4) is 0 Å². The molecule has 0 aliphatic heterocycles. The van der Waals surface area contributed by atoms with Gasteiger partial charge in [0.2, 0.25) is 0 Å². The fourth-order valence-electron chi connectivity index (χ4n) is 1.48. The molecule has 1 amide bonds. The minimum Gasteiger partial charge on any atom is -0.481 e. The number of carboxylic acid groups (broad SMARTS) is 1. The van der Waals surface area contributed by atoms with Gasteiger partial charge in [-0.15, -0.1) is 0 Å². The maximum Gasteiger partial charge on any atom is 0.413 e. The number of nitrogens with one attached hydrogen (secondary N) is 1. The van der Waals surface area contributed by atoms with Crippen molar-refractivity contribution in [2.45, 2.75) is 45.8 Å². The number of rotatable bonds is 4. The molecule has 4 N–H and O–H groups in total. The van der Waals surface area contributed by atoms with E-state index in [4.69, 9.17) is 15.6 Å². The first-order chi connectivity index (χ1) is 9.08. The van der Waals surface area contributed by atoms with Crippen molar-refractivity contribution < 1.29 is 19.4 Å². The standard InChI is InChI=1S/C12H19N3O4S/c1-6-9(7(13)5-8(16)17)20-10(14-6)15-11(18)19-12(2,3)4/h7H,5,13H2,1-4H3,(H,16,17)(H,14,15,18). The summed E-state index contributed by atoms with van der Waals surface area (Å²) in [6, 6.07) is -0.640. The number of amides is 1. The van der Waals surface area contributed by atoms with E-state index in [-0.39, 0.29) is 6.42 Å². The molecule has 1 atom stereocenters. The lowest BCUT2D eigenvalue weighted by molar-refractivity contribution is -0.137. The Morgan fingerprint density at radius 2 is 2.10 bits per heavy atom. The summed E-state index contributed by atoms with van der Waals surface area (Å²) >= 11 is 1.15. The van der Waals surface area contributed by atoms with Gasteiger partial charge in [0, 0.05) is 4.88 Å². The number of carboxylic acids is 1. The molecule has 0 aliphatic carbocycles. The molecular formula is C12H19N3O4S. The predicted molar refractivity (Wildman–Crippen MR) is 75.9 cm³/mol. The smallest absolute Gasteiger partial charge is 0.413 e. The Hall–Kier alpha value is -1.67. The highest BCUT2D eigenvalue weighted by Gasteiger charge is 2.20. The highest BCUT2D eigenvalue weighted by Crippen LogP contribution is 2.29. The minimum absolute atomic E-state index is 0.186. The predicted octanol–water partition coefficient (Wildman–Crippen LogP) is 2.27. The molecule has 112 valence electrons. The van der Waals surface area contributed by atoms with Crippen molar-refractivity contribution in [2.24, 2.45) is 5.73 Å². The molecule has 8 heteroatoms. The maximum absolute atomic E-state index is 11.6. The first-order valence-electron chi connectivity index (χ1n) is 6.03. The van der Waals surface area contributed by atoms with Crippen molar-refractivity contribution >= 4 is 28.5 Å². The summed E-state index contributed by atoms with van der Waals surface area (Å²) in [6.07, 6.45) is -0.792. The molecule has 7 nitrogen and oxygen atoms in total. The highest BCUT2D eigenvalue weighted by molar-refractivity contribution is 7.16. The van der Waals surface area contributed by atoms with E-state index in [0.29, 0.717) is 15.7 Å². The van der Waals surface area contributed by atoms with E-state index in [9.17, 15) is 9.59 Å². The summed E-state index contributed by atoms with van der Waals surface area (Å²) in [4.78, 5) is 27.0. The normalized spacial score (nSPS) is 12.8. The van der Waals surface area contributed by atoms with Crippen molar-refractivity contribution in [1.29, 1.82) is 0 Å². The number of thiazole rings is 1. The Morgan fingerprint density at radius 1 is 1.50 bits per heavy atom. The fourth-order valence-corrected chi connectivity index (χ4v) is 2.43. The van der Waals surface area contributed by atoms with Crippen LogP contribution >= 0.6 is 11.3 Å². The van der Waals surface area contributed by atoms with Crippen LogP contribution in [0.5, 0.6) is 0 Å². The quantitative estimate of drug-likeness (QED) is 0.786. The molecular weight excluding hydrogens is 282 g/mol. The first kappa shape index (κ1) is 16.4. The van der Waals surface area contributed by atoms with Crippen LogP contribution in [0.15, 0.2) is 0 Å². The largest absolute Gasteiger partial charge is 0.481 e. The van der Waals surface area contributed by atoms with Gasteiger partial charge in [0.05, 0.1) is 18.2 Å². The molecule has 1 aromatic heterocycles. The molecule has 1 heterocycles. The molecule has 0 bridgehead atoms. The zero-order valence-corrected chi connectivity index (χ0v) is 12.7. The summed E-state index contributed by atoms with van der Waals surface area (Å²) in [5, 5.41) is 11.6. The number of anilines is 1. The Balaban J connectivity index is 2.75. The number of carbonyl (C=O) groups excluding carboxylic acids is 1. The van der Waals surface area contributed by atoms with Crippen LogP contribution in [-0.2, 0) is 9.53 Å². The van der Waals surface area contributed by atoms with Crippen LogP contribution in [0.25, 0.3) is 0 Å². The van der Waals surface area contributed by atoms with Crippen LogP contribution in [0.2, 0.25) is 0 Å². The number of ether oxygens (including phenoxy) is 1. The highest BCUT2D eigenvalue weighted by atomic mass is 32.1. The average Bonchev–Trinajstić information content (AvgIpc) is 2.54. The van der Waals surface area contributed by atoms with E-state index in [2.05, 4.69) is 10.3 Å². The Kier molecular flexibility index (Phi) is 5.07. The Labute approximate surface area is 121 Å². The van der Waals surface area contributed by atoms with Gasteiger partial charge in [0.25, 0.3) is 0 Å². The van der Waals surface area contributed by atoms with Gasteiger partial charge in [-0.2, -0.15) is 0 Å². The van der Waals surface area contributed by atoms with Gasteiger partial charge < -0.3 is 15.6 Å². The lowest BCUT2D eigenvalue weighted by Gasteiger charge is -2.18. The maximum atomic E-state index is 11.6. The number of aromatic nitrogens is 1. The minimum atomic E-state index is -0.980. The topological polar surface area (TPSA) is 115 Å². The van der Waals surface area contributed by atoms with Crippen molar-refractivity contribution in [3.05, 3.63) is 10.6 Å². The Morgan fingerprint density at radius 3 is 2.60 bits per heavy atom. The molecule has 0 saturated carbocycles. The third-order valence-electron chi connectivity index (χ3n) is 2.17. The fraction of sp³-hybridized carbons (Fsp3) is 0.583. The summed E-state index contributed by atoms with van der Waals surface area (Å²) < 4.78 is 5.11. The second-order valence-corrected chi connectivity index (χ2v) is 6.33. The van der Waals surface area contributed by atoms with Crippen LogP contribution in [0, 0.1) is 6.92 Å². The van der Waals surface area contributed by atoms with Crippen LogP contribution in [0.3, 0.4) is 0 Å². The first-order valence-corrected chi connectivity index (χ1v) is 6.85. The number of hydrogen-bond acceptors (Lipinski definition) is 6. The van der Waals surface area contributed by atoms with E-state index in [1.807, 2.05) is 0 Å². The van der Waals surface area contributed by atoms with Gasteiger partial charge in [-0.25, -0.2) is 9.78 Å². The third kappa shape index (κ3) is 5.14. The zero-order valence-electron chi connectivity index (χ0n) is 11.9. The lowest BCUT2D eigenvalue weighted by Crippen LogP contribution is -2.27. The van der Waals surface area contributed by atoms with Gasteiger partial charge in [-0.05, 0) is 27.7 Å². The number of aliphatic carboxylic acids is 1. The molecule has 0 saturated heterocycles. The van der Waals surface area contributed by atoms with E-state index < -0.39 is 23.7 Å². The molecule has 0 aliphatic rings. The Bertz CT molecular complexity index is 507.